The number of nitrogens with one attached hydrogen (secondary N) is 1. The molecule has 0 radical (unpaired) electrons. The third-order valence-corrected chi connectivity index (χ3v) is 4.16. The van der Waals surface area contributed by atoms with E-state index < -0.39 is 0 Å². The molecule has 2 nitrogen and oxygen atoms in total. The molecule has 1 saturated heterocycles. The first-order chi connectivity index (χ1) is 9.63. The van der Waals surface area contributed by atoms with Crippen molar-refractivity contribution < 1.29 is 4.39 Å². The van der Waals surface area contributed by atoms with Gasteiger partial charge in [-0.1, -0.05) is 32.9 Å². The van der Waals surface area contributed by atoms with E-state index >= 15 is 0 Å². The van der Waals surface area contributed by atoms with Crippen LogP contribution >= 0.6 is 0 Å². The van der Waals surface area contributed by atoms with Crippen LogP contribution in [0.5, 0.6) is 0 Å². The van der Waals surface area contributed by atoms with Crippen molar-refractivity contribution in [2.24, 2.45) is 0 Å². The monoisotopic (exact) mass is 278 g/mol. The summed E-state index contributed by atoms with van der Waals surface area (Å²) in [4.78, 5) is 2.30. The van der Waals surface area contributed by atoms with E-state index in [1.165, 1.54) is 19.3 Å². The van der Waals surface area contributed by atoms with Crippen LogP contribution in [0.3, 0.4) is 0 Å². The maximum absolute atomic E-state index is 14.4. The Labute approximate surface area is 122 Å². The number of benzene rings is 1. The van der Waals surface area contributed by atoms with Crippen molar-refractivity contribution in [3.63, 3.8) is 0 Å². The lowest BCUT2D eigenvalue weighted by atomic mass is 9.97. The number of halogens is 1. The van der Waals surface area contributed by atoms with E-state index in [0.29, 0.717) is 12.1 Å². The van der Waals surface area contributed by atoms with Gasteiger partial charge in [-0.3, -0.25) is 0 Å². The van der Waals surface area contributed by atoms with Gasteiger partial charge in [0.05, 0.1) is 5.69 Å². The summed E-state index contributed by atoms with van der Waals surface area (Å²) in [5.41, 5.74) is 1.91. The van der Waals surface area contributed by atoms with Gasteiger partial charge in [-0.05, 0) is 37.3 Å². The molecule has 3 heteroatoms. The molecule has 1 atom stereocenters. The molecule has 1 aliphatic heterocycles. The van der Waals surface area contributed by atoms with Crippen LogP contribution in [0.1, 0.15) is 52.0 Å². The van der Waals surface area contributed by atoms with Crippen molar-refractivity contribution in [3.05, 3.63) is 29.6 Å². The lowest BCUT2D eigenvalue weighted by molar-refractivity contribution is 0.441. The minimum Gasteiger partial charge on any atom is -0.366 e. The van der Waals surface area contributed by atoms with Crippen molar-refractivity contribution >= 4 is 5.69 Å². The van der Waals surface area contributed by atoms with Crippen LogP contribution in [-0.4, -0.2) is 18.6 Å². The largest absolute Gasteiger partial charge is 0.366 e. The highest BCUT2D eigenvalue weighted by Gasteiger charge is 2.25. The second-order valence-electron chi connectivity index (χ2n) is 6.03. The summed E-state index contributed by atoms with van der Waals surface area (Å²) in [6.45, 7) is 8.16. The Hall–Kier alpha value is -1.09. The molecule has 1 aliphatic rings. The van der Waals surface area contributed by atoms with Crippen LogP contribution in [0.2, 0.25) is 0 Å². The number of nitrogens with zero attached hydrogens (tertiary/aromatic N) is 1. The highest BCUT2D eigenvalue weighted by atomic mass is 19.1. The molecule has 2 rings (SSSR count). The van der Waals surface area contributed by atoms with Crippen LogP contribution in [0.15, 0.2) is 18.2 Å². The van der Waals surface area contributed by atoms with Crippen molar-refractivity contribution in [3.8, 4) is 0 Å². The Balaban J connectivity index is 2.28. The average molecular weight is 278 g/mol. The zero-order valence-electron chi connectivity index (χ0n) is 13.0. The van der Waals surface area contributed by atoms with Gasteiger partial charge in [0.2, 0.25) is 0 Å². The number of anilines is 1. The second kappa shape index (κ2) is 7.07. The molecule has 1 aromatic carbocycles. The molecule has 1 heterocycles. The summed E-state index contributed by atoms with van der Waals surface area (Å²) in [6, 6.07) is 6.36. The molecule has 0 aromatic heterocycles. The fourth-order valence-corrected chi connectivity index (χ4v) is 3.06. The number of para-hydroxylation sites is 1. The summed E-state index contributed by atoms with van der Waals surface area (Å²) < 4.78 is 14.4. The van der Waals surface area contributed by atoms with Gasteiger partial charge in [-0.2, -0.15) is 0 Å². The van der Waals surface area contributed by atoms with Crippen molar-refractivity contribution in [2.75, 3.05) is 11.4 Å². The van der Waals surface area contributed by atoms with Crippen molar-refractivity contribution in [1.29, 1.82) is 0 Å². The molecule has 0 spiro atoms. The minimum absolute atomic E-state index is 0.0755. The molecule has 112 valence electrons. The number of hydrogen-bond acceptors (Lipinski definition) is 2. The van der Waals surface area contributed by atoms with Gasteiger partial charge >= 0.3 is 0 Å². The van der Waals surface area contributed by atoms with E-state index in [1.54, 1.807) is 6.07 Å². The quantitative estimate of drug-likeness (QED) is 0.872. The maximum Gasteiger partial charge on any atom is 0.146 e. The average Bonchev–Trinajstić information content (AvgIpc) is 2.45. The van der Waals surface area contributed by atoms with Gasteiger partial charge < -0.3 is 10.2 Å². The molecular weight excluding hydrogens is 251 g/mol. The second-order valence-corrected chi connectivity index (χ2v) is 6.03. The Morgan fingerprint density at radius 3 is 2.85 bits per heavy atom. The number of rotatable bonds is 5. The van der Waals surface area contributed by atoms with Gasteiger partial charge in [0, 0.05) is 25.2 Å². The molecule has 0 bridgehead atoms. The highest BCUT2D eigenvalue weighted by Crippen LogP contribution is 2.31. The Bertz CT molecular complexity index is 431. The molecule has 1 aromatic rings. The summed E-state index contributed by atoms with van der Waals surface area (Å²) in [6.07, 6.45) is 4.71. The molecule has 1 fully saturated rings. The van der Waals surface area contributed by atoms with Gasteiger partial charge in [0.1, 0.15) is 5.82 Å². The molecule has 0 saturated carbocycles. The molecule has 1 unspecified atom stereocenters. The third kappa shape index (κ3) is 3.51. The first-order valence-corrected chi connectivity index (χ1v) is 7.91. The standard InChI is InChI=1S/C17H27FN2/c1-4-15-9-5-6-11-20(15)17-14(12-19-13(2)3)8-7-10-16(17)18/h7-8,10,13,15,19H,4-6,9,11-12H2,1-3H3. The lowest BCUT2D eigenvalue weighted by Crippen LogP contribution is -2.40. The van der Waals surface area contributed by atoms with Gasteiger partial charge in [-0.15, -0.1) is 0 Å². The fourth-order valence-electron chi connectivity index (χ4n) is 3.06. The van der Waals surface area contributed by atoms with Crippen LogP contribution in [0, 0.1) is 5.82 Å². The van der Waals surface area contributed by atoms with E-state index in [-0.39, 0.29) is 5.82 Å². The molecule has 0 amide bonds. The Morgan fingerprint density at radius 1 is 1.35 bits per heavy atom. The van der Waals surface area contributed by atoms with Gasteiger partial charge in [0.15, 0.2) is 0 Å². The zero-order chi connectivity index (χ0) is 14.5. The van der Waals surface area contributed by atoms with E-state index in [1.807, 2.05) is 6.07 Å². The smallest absolute Gasteiger partial charge is 0.146 e. The predicted molar refractivity (Wildman–Crippen MR) is 83.7 cm³/mol. The topological polar surface area (TPSA) is 15.3 Å². The number of piperidine rings is 1. The SMILES string of the molecule is CCC1CCCCN1c1c(F)cccc1CNC(C)C. The van der Waals surface area contributed by atoms with Crippen molar-refractivity contribution in [1.82, 2.24) is 5.32 Å². The predicted octanol–water partition coefficient (Wildman–Crippen LogP) is 4.09. The molecular formula is C17H27FN2. The third-order valence-electron chi connectivity index (χ3n) is 4.16. The van der Waals surface area contributed by atoms with E-state index in [2.05, 4.69) is 37.1 Å². The normalized spacial score (nSPS) is 19.6. The van der Waals surface area contributed by atoms with Gasteiger partial charge in [0.25, 0.3) is 0 Å². The fraction of sp³-hybridized carbons (Fsp3) is 0.647. The molecule has 0 aliphatic carbocycles. The van der Waals surface area contributed by atoms with Crippen LogP contribution in [0.25, 0.3) is 0 Å². The van der Waals surface area contributed by atoms with Gasteiger partial charge in [-0.25, -0.2) is 4.39 Å². The maximum atomic E-state index is 14.4. The summed E-state index contributed by atoms with van der Waals surface area (Å²) in [7, 11) is 0. The van der Waals surface area contributed by atoms with Crippen LogP contribution in [0.4, 0.5) is 10.1 Å². The first-order valence-electron chi connectivity index (χ1n) is 7.91. The highest BCUT2D eigenvalue weighted by molar-refractivity contribution is 5.56. The van der Waals surface area contributed by atoms with Crippen molar-refractivity contribution in [2.45, 2.75) is 65.1 Å². The van der Waals surface area contributed by atoms with Crippen LogP contribution in [-0.2, 0) is 6.54 Å². The summed E-state index contributed by atoms with van der Waals surface area (Å²) in [5, 5.41) is 3.41. The summed E-state index contributed by atoms with van der Waals surface area (Å²) in [5.74, 6) is -0.0755. The zero-order valence-corrected chi connectivity index (χ0v) is 13.0. The molecule has 1 N–H and O–H groups in total. The lowest BCUT2D eigenvalue weighted by Gasteiger charge is -2.38. The number of hydrogen-bond donors (Lipinski definition) is 1. The Kier molecular flexibility index (Phi) is 5.41. The minimum atomic E-state index is -0.0755. The first kappa shape index (κ1) is 15.3. The molecule has 20 heavy (non-hydrogen) atoms. The summed E-state index contributed by atoms with van der Waals surface area (Å²) >= 11 is 0. The van der Waals surface area contributed by atoms with E-state index in [9.17, 15) is 4.39 Å². The Morgan fingerprint density at radius 2 is 2.15 bits per heavy atom. The van der Waals surface area contributed by atoms with E-state index in [4.69, 9.17) is 0 Å². The van der Waals surface area contributed by atoms with Crippen LogP contribution < -0.4 is 10.2 Å². The van der Waals surface area contributed by atoms with E-state index in [0.717, 1.165) is 30.8 Å².